The van der Waals surface area contributed by atoms with Crippen LogP contribution in [0.4, 0.5) is 0 Å². The van der Waals surface area contributed by atoms with Crippen molar-refractivity contribution in [3.05, 3.63) is 0 Å². The second-order valence-electron chi connectivity index (χ2n) is 2.83. The fourth-order valence-electron chi connectivity index (χ4n) is 1.33. The molecule has 0 aromatic heterocycles. The third-order valence-electron chi connectivity index (χ3n) is 2.03. The molecule has 1 N–H and O–H groups in total. The molecule has 0 radical (unpaired) electrons. The number of aliphatic carboxylic acids is 1. The topological polar surface area (TPSA) is 37.3 Å². The van der Waals surface area contributed by atoms with E-state index < -0.39 is 10.8 Å². The number of hydrogen-bond donors (Lipinski definition) is 1. The quantitative estimate of drug-likeness (QED) is 0.494. The first kappa shape index (κ1) is 11.3. The highest BCUT2D eigenvalue weighted by atomic mass is 35.5. The Labute approximate surface area is 82.1 Å². The minimum atomic E-state index is -0.932. The van der Waals surface area contributed by atoms with Crippen LogP contribution in [0.1, 0.15) is 32.1 Å². The Kier molecular flexibility index (Phi) is 4.47. The van der Waals surface area contributed by atoms with Crippen molar-refractivity contribution in [3.63, 3.8) is 0 Å². The maximum absolute atomic E-state index is 10.5. The molecule has 1 fully saturated rings. The molecule has 2 nitrogen and oxygen atoms in total. The number of hydrogen-bond acceptors (Lipinski definition) is 1. The molecule has 11 heavy (non-hydrogen) atoms. The van der Waals surface area contributed by atoms with E-state index in [0.717, 1.165) is 19.3 Å². The molecule has 0 aromatic rings. The van der Waals surface area contributed by atoms with Gasteiger partial charge in [-0.1, -0.05) is 19.3 Å². The van der Waals surface area contributed by atoms with Gasteiger partial charge in [0.25, 0.3) is 0 Å². The molecule has 0 bridgehead atoms. The molecule has 4 heteroatoms. The van der Waals surface area contributed by atoms with Gasteiger partial charge in [-0.15, -0.1) is 11.6 Å². The molecule has 0 aromatic carbocycles. The van der Waals surface area contributed by atoms with E-state index in [2.05, 4.69) is 0 Å². The van der Waals surface area contributed by atoms with Crippen LogP contribution in [0.15, 0.2) is 0 Å². The molecular weight excluding hydrogens is 179 g/mol. The van der Waals surface area contributed by atoms with Crippen molar-refractivity contribution in [1.29, 1.82) is 0 Å². The van der Waals surface area contributed by atoms with Gasteiger partial charge >= 0.3 is 5.97 Å². The van der Waals surface area contributed by atoms with Crippen molar-refractivity contribution in [2.45, 2.75) is 37.0 Å². The maximum Gasteiger partial charge on any atom is 0.324 e. The Morgan fingerprint density at radius 3 is 2.00 bits per heavy atom. The van der Waals surface area contributed by atoms with Crippen molar-refractivity contribution in [2.24, 2.45) is 0 Å². The summed E-state index contributed by atoms with van der Waals surface area (Å²) in [5, 5.41) is 8.67. The van der Waals surface area contributed by atoms with Gasteiger partial charge in [-0.05, 0) is 12.8 Å². The number of halogens is 1. The molecule has 1 aliphatic carbocycles. The van der Waals surface area contributed by atoms with Crippen LogP contribution in [0.3, 0.4) is 0 Å². The van der Waals surface area contributed by atoms with E-state index in [1.54, 1.807) is 0 Å². The van der Waals surface area contributed by atoms with Crippen LogP contribution in [0, 0.1) is 0 Å². The molecule has 0 atom stereocenters. The molecule has 0 heterocycles. The summed E-state index contributed by atoms with van der Waals surface area (Å²) in [6, 6.07) is 0. The van der Waals surface area contributed by atoms with Gasteiger partial charge in [0.05, 0.1) is 0 Å². The Balaban J connectivity index is 0.000001000. The number of carboxylic acids is 1. The van der Waals surface area contributed by atoms with E-state index in [-0.39, 0.29) is 17.4 Å². The lowest BCUT2D eigenvalue weighted by Crippen LogP contribution is -2.34. The summed E-state index contributed by atoms with van der Waals surface area (Å²) in [4.78, 5) is 9.61. The average molecular weight is 193 g/mol. The first-order valence-electron chi connectivity index (χ1n) is 3.57. The summed E-state index contributed by atoms with van der Waals surface area (Å²) in [6.07, 6.45) is 4.29. The molecule has 0 unspecified atom stereocenters. The predicted molar refractivity (Wildman–Crippen MR) is 49.2 cm³/mol. The summed E-state index contributed by atoms with van der Waals surface area (Å²) in [5.41, 5.74) is 0. The van der Waals surface area contributed by atoms with Crippen LogP contribution in [0.5, 0.6) is 0 Å². The standard InChI is InChI=1S/C7H11ClO2.Al.3H/c8-7(6(9)10)4-2-1-3-5-7;;;;/h1-5H2,(H,9,10);;;;. The molecule has 0 aliphatic heterocycles. The van der Waals surface area contributed by atoms with Crippen LogP contribution >= 0.6 is 11.6 Å². The highest BCUT2D eigenvalue weighted by Gasteiger charge is 2.36. The lowest BCUT2D eigenvalue weighted by molar-refractivity contribution is -0.141. The minimum Gasteiger partial charge on any atom is -0.480 e. The summed E-state index contributed by atoms with van der Waals surface area (Å²) >= 11 is 5.81. The molecule has 0 amide bonds. The van der Waals surface area contributed by atoms with Crippen LogP contribution in [-0.4, -0.2) is 33.3 Å². The van der Waals surface area contributed by atoms with E-state index in [1.165, 1.54) is 0 Å². The van der Waals surface area contributed by atoms with E-state index >= 15 is 0 Å². The highest BCUT2D eigenvalue weighted by Crippen LogP contribution is 2.33. The Morgan fingerprint density at radius 1 is 1.27 bits per heavy atom. The van der Waals surface area contributed by atoms with Crippen LogP contribution < -0.4 is 0 Å². The normalized spacial score (nSPS) is 21.9. The van der Waals surface area contributed by atoms with Gasteiger partial charge in [-0.2, -0.15) is 0 Å². The van der Waals surface area contributed by atoms with Crippen molar-refractivity contribution >= 4 is 34.9 Å². The Morgan fingerprint density at radius 2 is 1.73 bits per heavy atom. The van der Waals surface area contributed by atoms with Gasteiger partial charge in [0.2, 0.25) is 0 Å². The molecule has 1 saturated carbocycles. The van der Waals surface area contributed by atoms with Crippen LogP contribution in [0.25, 0.3) is 0 Å². The summed E-state index contributed by atoms with van der Waals surface area (Å²) in [6.45, 7) is 0. The predicted octanol–water partition coefficient (Wildman–Crippen LogP) is 0.829. The Hall–Kier alpha value is 0.292. The van der Waals surface area contributed by atoms with Crippen molar-refractivity contribution in [1.82, 2.24) is 0 Å². The molecule has 1 aliphatic rings. The third kappa shape index (κ3) is 2.67. The first-order chi connectivity index (χ1) is 4.65. The minimum absolute atomic E-state index is 0. The fraction of sp³-hybridized carbons (Fsp3) is 0.857. The van der Waals surface area contributed by atoms with Gasteiger partial charge < -0.3 is 5.11 Å². The summed E-state index contributed by atoms with van der Waals surface area (Å²) < 4.78 is 0. The zero-order valence-electron chi connectivity index (χ0n) is 5.77. The second kappa shape index (κ2) is 4.35. The van der Waals surface area contributed by atoms with Gasteiger partial charge in [0.1, 0.15) is 4.87 Å². The second-order valence-corrected chi connectivity index (χ2v) is 3.55. The lowest BCUT2D eigenvalue weighted by Gasteiger charge is -2.26. The summed E-state index contributed by atoms with van der Waals surface area (Å²) in [5.74, 6) is -0.853. The molecule has 0 spiro atoms. The number of carbonyl (C=O) groups is 1. The highest BCUT2D eigenvalue weighted by molar-refractivity contribution is 6.33. The van der Waals surface area contributed by atoms with E-state index in [0.29, 0.717) is 12.8 Å². The summed E-state index contributed by atoms with van der Waals surface area (Å²) in [7, 11) is 0. The number of alkyl halides is 1. The number of carboxylic acid groups (broad SMARTS) is 1. The van der Waals surface area contributed by atoms with Gasteiger partial charge in [0, 0.05) is 0 Å². The molecule has 0 saturated heterocycles. The van der Waals surface area contributed by atoms with E-state index in [4.69, 9.17) is 16.7 Å². The molecule has 64 valence electrons. The molecule has 1 rings (SSSR count). The SMILES string of the molecule is O=C(O)C1(Cl)CCCCC1.[AlH3]. The van der Waals surface area contributed by atoms with Gasteiger partial charge in [-0.25, -0.2) is 0 Å². The first-order valence-corrected chi connectivity index (χ1v) is 3.95. The smallest absolute Gasteiger partial charge is 0.324 e. The zero-order chi connectivity index (χ0) is 7.61. The fourth-order valence-corrected chi connectivity index (χ4v) is 1.59. The van der Waals surface area contributed by atoms with E-state index in [1.807, 2.05) is 0 Å². The van der Waals surface area contributed by atoms with Crippen LogP contribution in [-0.2, 0) is 4.79 Å². The number of rotatable bonds is 1. The zero-order valence-corrected chi connectivity index (χ0v) is 6.52. The lowest BCUT2D eigenvalue weighted by atomic mass is 9.88. The monoisotopic (exact) mass is 192 g/mol. The van der Waals surface area contributed by atoms with Crippen molar-refractivity contribution in [3.8, 4) is 0 Å². The van der Waals surface area contributed by atoms with Crippen molar-refractivity contribution < 1.29 is 9.90 Å². The van der Waals surface area contributed by atoms with Crippen LogP contribution in [0.2, 0.25) is 0 Å². The largest absolute Gasteiger partial charge is 0.480 e. The van der Waals surface area contributed by atoms with Gasteiger partial charge in [-0.3, -0.25) is 4.79 Å². The molecular formula is C7H14AlClO2. The third-order valence-corrected chi connectivity index (χ3v) is 2.57. The van der Waals surface area contributed by atoms with Gasteiger partial charge in [0.15, 0.2) is 17.4 Å². The van der Waals surface area contributed by atoms with E-state index in [9.17, 15) is 4.79 Å². The average Bonchev–Trinajstić information content (AvgIpc) is 1.89. The van der Waals surface area contributed by atoms with Crippen molar-refractivity contribution in [2.75, 3.05) is 0 Å². The maximum atomic E-state index is 10.5. The Bertz CT molecular complexity index is 143.